The zero-order valence-electron chi connectivity index (χ0n) is 8.45. The second kappa shape index (κ2) is 5.54. The second-order valence-electron chi connectivity index (χ2n) is 3.21. The van der Waals surface area contributed by atoms with Gasteiger partial charge in [-0.15, -0.1) is 0 Å². The van der Waals surface area contributed by atoms with Crippen molar-refractivity contribution in [2.75, 3.05) is 0 Å². The topological polar surface area (TPSA) is 120 Å². The first kappa shape index (κ1) is 13.3. The number of nitro groups is 1. The number of hydrogen-bond donors (Lipinski definition) is 2. The summed E-state index contributed by atoms with van der Waals surface area (Å²) in [6.45, 7) is 0. The molecular weight excluding hydrogens is 250 g/mol. The van der Waals surface area contributed by atoms with Crippen LogP contribution >= 0.6 is 11.6 Å². The molecule has 0 aliphatic heterocycles. The Morgan fingerprint density at radius 3 is 2.82 bits per heavy atom. The first-order chi connectivity index (χ1) is 7.97. The van der Waals surface area contributed by atoms with Gasteiger partial charge in [0.1, 0.15) is 6.10 Å². The van der Waals surface area contributed by atoms with Crippen molar-refractivity contribution >= 4 is 17.3 Å². The summed E-state index contributed by atoms with van der Waals surface area (Å²) in [6.07, 6.45) is -1.93. The molecule has 90 valence electrons. The Balaban J connectivity index is 3.04. The minimum Gasteiger partial charge on any atom is -0.389 e. The van der Waals surface area contributed by atoms with E-state index in [0.717, 1.165) is 12.3 Å². The van der Waals surface area contributed by atoms with E-state index in [1.54, 1.807) is 6.07 Å². The molecule has 2 N–H and O–H groups in total. The molecule has 0 fully saturated rings. The van der Waals surface area contributed by atoms with Crippen LogP contribution in [0.3, 0.4) is 0 Å². The molecule has 17 heavy (non-hydrogen) atoms. The minimum atomic E-state index is -1.42. The average molecular weight is 258 g/mol. The van der Waals surface area contributed by atoms with E-state index in [1.165, 1.54) is 0 Å². The lowest BCUT2D eigenvalue weighted by atomic mass is 10.0. The molecule has 0 aromatic carbocycles. The van der Waals surface area contributed by atoms with Crippen LogP contribution in [0.4, 0.5) is 5.69 Å². The van der Waals surface area contributed by atoms with E-state index in [4.69, 9.17) is 16.9 Å². The summed E-state index contributed by atoms with van der Waals surface area (Å²) in [4.78, 5) is 13.4. The van der Waals surface area contributed by atoms with Gasteiger partial charge in [0.2, 0.25) is 5.15 Å². The lowest BCUT2D eigenvalue weighted by Crippen LogP contribution is -2.17. The molecule has 2 atom stereocenters. The zero-order valence-corrected chi connectivity index (χ0v) is 9.20. The molecule has 1 rings (SSSR count). The Kier molecular flexibility index (Phi) is 4.34. The highest BCUT2D eigenvalue weighted by Crippen LogP contribution is 2.27. The molecule has 0 saturated carbocycles. The standard InChI is InChI=1S/C9H8ClN3O4/c10-9-6(13(16)17)3-5(4-12-9)8(15)7(14)1-2-11/h3-4,7-8,14-15H,1H2. The first-order valence-electron chi connectivity index (χ1n) is 4.50. The summed E-state index contributed by atoms with van der Waals surface area (Å²) in [5.41, 5.74) is -0.434. The number of nitrogens with zero attached hydrogens (tertiary/aromatic N) is 3. The summed E-state index contributed by atoms with van der Waals surface area (Å²) in [5, 5.41) is 37.6. The Morgan fingerprint density at radius 2 is 2.29 bits per heavy atom. The predicted molar refractivity (Wildman–Crippen MR) is 57.1 cm³/mol. The fourth-order valence-corrected chi connectivity index (χ4v) is 1.34. The third-order valence-corrected chi connectivity index (χ3v) is 2.34. The maximum Gasteiger partial charge on any atom is 0.306 e. The van der Waals surface area contributed by atoms with Gasteiger partial charge in [-0.2, -0.15) is 5.26 Å². The molecule has 0 spiro atoms. The molecule has 0 radical (unpaired) electrons. The maximum atomic E-state index is 10.6. The molecule has 2 unspecified atom stereocenters. The van der Waals surface area contributed by atoms with E-state index in [9.17, 15) is 20.3 Å². The van der Waals surface area contributed by atoms with Gasteiger partial charge in [-0.3, -0.25) is 10.1 Å². The van der Waals surface area contributed by atoms with Crippen molar-refractivity contribution in [3.63, 3.8) is 0 Å². The van der Waals surface area contributed by atoms with Crippen molar-refractivity contribution in [1.82, 2.24) is 4.98 Å². The van der Waals surface area contributed by atoms with Crippen molar-refractivity contribution in [3.8, 4) is 6.07 Å². The number of rotatable bonds is 4. The second-order valence-corrected chi connectivity index (χ2v) is 3.57. The lowest BCUT2D eigenvalue weighted by molar-refractivity contribution is -0.385. The molecule has 1 aromatic heterocycles. The molecule has 0 amide bonds. The van der Waals surface area contributed by atoms with E-state index in [0.29, 0.717) is 0 Å². The monoisotopic (exact) mass is 257 g/mol. The van der Waals surface area contributed by atoms with Crippen LogP contribution in [0.15, 0.2) is 12.3 Å². The van der Waals surface area contributed by atoms with Crippen LogP contribution in [-0.4, -0.2) is 26.2 Å². The van der Waals surface area contributed by atoms with Crippen LogP contribution in [0.25, 0.3) is 0 Å². The summed E-state index contributed by atoms with van der Waals surface area (Å²) < 4.78 is 0. The van der Waals surface area contributed by atoms with Crippen LogP contribution in [0, 0.1) is 21.4 Å². The number of aromatic nitrogens is 1. The number of pyridine rings is 1. The van der Waals surface area contributed by atoms with Gasteiger partial charge >= 0.3 is 5.69 Å². The van der Waals surface area contributed by atoms with E-state index >= 15 is 0 Å². The van der Waals surface area contributed by atoms with Gasteiger partial charge in [0, 0.05) is 17.8 Å². The highest BCUT2D eigenvalue weighted by molar-refractivity contribution is 6.31. The van der Waals surface area contributed by atoms with Crippen LogP contribution in [-0.2, 0) is 0 Å². The van der Waals surface area contributed by atoms with Crippen molar-refractivity contribution in [3.05, 3.63) is 33.1 Å². The molecule has 0 saturated heterocycles. The number of aliphatic hydroxyl groups excluding tert-OH is 2. The van der Waals surface area contributed by atoms with E-state index in [-0.39, 0.29) is 17.1 Å². The quantitative estimate of drug-likeness (QED) is 0.471. The van der Waals surface area contributed by atoms with Crippen LogP contribution in [0.5, 0.6) is 0 Å². The van der Waals surface area contributed by atoms with Gasteiger partial charge in [0.05, 0.1) is 23.5 Å². The molecule has 1 heterocycles. The van der Waals surface area contributed by atoms with Gasteiger partial charge in [-0.05, 0) is 0 Å². The summed E-state index contributed by atoms with van der Waals surface area (Å²) in [6, 6.07) is 2.69. The Hall–Kier alpha value is -1.75. The van der Waals surface area contributed by atoms with Gasteiger partial charge in [0.25, 0.3) is 0 Å². The highest BCUT2D eigenvalue weighted by atomic mass is 35.5. The number of hydrogen-bond acceptors (Lipinski definition) is 6. The fourth-order valence-electron chi connectivity index (χ4n) is 1.17. The Labute approximate surface area is 101 Å². The van der Waals surface area contributed by atoms with Crippen molar-refractivity contribution in [1.29, 1.82) is 5.26 Å². The normalized spacial score (nSPS) is 13.8. The average Bonchev–Trinajstić information content (AvgIpc) is 2.28. The molecule has 0 aliphatic carbocycles. The highest BCUT2D eigenvalue weighted by Gasteiger charge is 2.22. The predicted octanol–water partition coefficient (Wildman–Crippen LogP) is 0.951. The number of halogens is 1. The van der Waals surface area contributed by atoms with Crippen molar-refractivity contribution < 1.29 is 15.1 Å². The third kappa shape index (κ3) is 3.10. The minimum absolute atomic E-state index is 0.0313. The SMILES string of the molecule is N#CCC(O)C(O)c1cnc(Cl)c([N+](=O)[O-])c1. The Morgan fingerprint density at radius 1 is 1.65 bits per heavy atom. The van der Waals surface area contributed by atoms with E-state index in [1.807, 2.05) is 0 Å². The maximum absolute atomic E-state index is 10.6. The van der Waals surface area contributed by atoms with E-state index in [2.05, 4.69) is 4.98 Å². The molecule has 0 aliphatic rings. The molecule has 8 heteroatoms. The van der Waals surface area contributed by atoms with Crippen LogP contribution in [0.1, 0.15) is 18.1 Å². The Bertz CT molecular complexity index is 474. The summed E-state index contributed by atoms with van der Waals surface area (Å²) in [5.74, 6) is 0. The van der Waals surface area contributed by atoms with Crippen molar-refractivity contribution in [2.45, 2.75) is 18.6 Å². The largest absolute Gasteiger partial charge is 0.389 e. The molecule has 1 aromatic rings. The molecular formula is C9H8ClN3O4. The summed E-state index contributed by atoms with van der Waals surface area (Å²) >= 11 is 5.49. The van der Waals surface area contributed by atoms with Gasteiger partial charge in [-0.25, -0.2) is 4.98 Å². The van der Waals surface area contributed by atoms with Gasteiger partial charge < -0.3 is 10.2 Å². The first-order valence-corrected chi connectivity index (χ1v) is 4.88. The van der Waals surface area contributed by atoms with E-state index < -0.39 is 22.8 Å². The smallest absolute Gasteiger partial charge is 0.306 e. The van der Waals surface area contributed by atoms with Gasteiger partial charge in [-0.1, -0.05) is 11.6 Å². The lowest BCUT2D eigenvalue weighted by Gasteiger charge is -2.14. The third-order valence-electron chi connectivity index (χ3n) is 2.04. The molecule has 7 nitrogen and oxygen atoms in total. The van der Waals surface area contributed by atoms with Crippen LogP contribution in [0.2, 0.25) is 5.15 Å². The molecule has 0 bridgehead atoms. The summed E-state index contributed by atoms with van der Waals surface area (Å²) in [7, 11) is 0. The van der Waals surface area contributed by atoms with Crippen LogP contribution < -0.4 is 0 Å². The fraction of sp³-hybridized carbons (Fsp3) is 0.333. The zero-order chi connectivity index (χ0) is 13.0. The van der Waals surface area contributed by atoms with Gasteiger partial charge in [0.15, 0.2) is 0 Å². The van der Waals surface area contributed by atoms with Crippen molar-refractivity contribution in [2.24, 2.45) is 0 Å². The number of aliphatic hydroxyl groups is 2. The number of nitriles is 1.